The van der Waals surface area contributed by atoms with E-state index in [1.807, 2.05) is 0 Å². The van der Waals surface area contributed by atoms with Crippen molar-refractivity contribution in [2.24, 2.45) is 0 Å². The van der Waals surface area contributed by atoms with Gasteiger partial charge in [0.05, 0.1) is 12.6 Å². The molecule has 1 atom stereocenters. The van der Waals surface area contributed by atoms with Crippen molar-refractivity contribution < 1.29 is 4.74 Å². The summed E-state index contributed by atoms with van der Waals surface area (Å²) >= 11 is 3.55. The summed E-state index contributed by atoms with van der Waals surface area (Å²) in [6, 6.07) is 6.69. The summed E-state index contributed by atoms with van der Waals surface area (Å²) in [6.45, 7) is 6.12. The summed E-state index contributed by atoms with van der Waals surface area (Å²) in [7, 11) is 0. The molecule has 0 spiro atoms. The van der Waals surface area contributed by atoms with Crippen LogP contribution in [-0.2, 0) is 4.74 Å². The molecule has 1 aliphatic rings. The van der Waals surface area contributed by atoms with E-state index in [0.29, 0.717) is 0 Å². The highest BCUT2D eigenvalue weighted by Gasteiger charge is 2.20. The second kappa shape index (κ2) is 6.39. The number of aryl methyl sites for hydroxylation is 1. The minimum atomic E-state index is 0.194. The lowest BCUT2D eigenvalue weighted by Gasteiger charge is -2.20. The minimum absolute atomic E-state index is 0.194. The highest BCUT2D eigenvalue weighted by Crippen LogP contribution is 2.29. The van der Waals surface area contributed by atoms with Crippen LogP contribution in [0.15, 0.2) is 34.5 Å². The van der Waals surface area contributed by atoms with Crippen LogP contribution in [-0.4, -0.2) is 13.2 Å². The van der Waals surface area contributed by atoms with E-state index in [0.717, 1.165) is 36.2 Å². The molecule has 2 rings (SSSR count). The van der Waals surface area contributed by atoms with Gasteiger partial charge in [-0.05, 0) is 43.2 Å². The van der Waals surface area contributed by atoms with Gasteiger partial charge in [0.15, 0.2) is 0 Å². The van der Waals surface area contributed by atoms with Gasteiger partial charge in [-0.25, -0.2) is 0 Å². The first-order valence-electron chi connectivity index (χ1n) is 6.54. The van der Waals surface area contributed by atoms with Crippen molar-refractivity contribution in [3.8, 4) is 0 Å². The largest absolute Gasteiger partial charge is 0.496 e. The molecule has 3 heteroatoms. The van der Waals surface area contributed by atoms with Crippen molar-refractivity contribution >= 4 is 15.9 Å². The lowest BCUT2D eigenvalue weighted by atomic mass is 10.0. The fraction of sp³-hybridized carbons (Fsp3) is 0.467. The Morgan fingerprint density at radius 3 is 2.89 bits per heavy atom. The second-order valence-electron chi connectivity index (χ2n) is 4.64. The Morgan fingerprint density at radius 2 is 2.28 bits per heavy atom. The molecule has 1 unspecified atom stereocenters. The summed E-state index contributed by atoms with van der Waals surface area (Å²) in [4.78, 5) is 0. The van der Waals surface area contributed by atoms with Gasteiger partial charge in [-0.2, -0.15) is 0 Å². The zero-order valence-corrected chi connectivity index (χ0v) is 12.6. The van der Waals surface area contributed by atoms with Crippen LogP contribution >= 0.6 is 15.9 Å². The molecule has 2 nitrogen and oxygen atoms in total. The zero-order chi connectivity index (χ0) is 13.0. The predicted molar refractivity (Wildman–Crippen MR) is 78.6 cm³/mol. The molecule has 0 amide bonds. The molecule has 0 radical (unpaired) electrons. The van der Waals surface area contributed by atoms with Gasteiger partial charge in [0.2, 0.25) is 0 Å². The normalized spacial score (nSPS) is 16.3. The number of rotatable bonds is 5. The molecule has 1 heterocycles. The maximum absolute atomic E-state index is 5.72. The van der Waals surface area contributed by atoms with Crippen LogP contribution in [0.2, 0.25) is 0 Å². The average Bonchev–Trinajstić information content (AvgIpc) is 2.88. The Hall–Kier alpha value is -0.800. The number of nitrogens with one attached hydrogen (secondary N) is 1. The molecule has 1 N–H and O–H groups in total. The van der Waals surface area contributed by atoms with Crippen molar-refractivity contribution in [3.05, 3.63) is 45.6 Å². The van der Waals surface area contributed by atoms with Crippen molar-refractivity contribution in [1.82, 2.24) is 5.32 Å². The third kappa shape index (κ3) is 3.15. The Kier molecular flexibility index (Phi) is 4.84. The van der Waals surface area contributed by atoms with E-state index in [4.69, 9.17) is 4.74 Å². The summed E-state index contributed by atoms with van der Waals surface area (Å²) in [5.41, 5.74) is 2.53. The summed E-state index contributed by atoms with van der Waals surface area (Å²) in [5.74, 6) is 1.07. The monoisotopic (exact) mass is 309 g/mol. The van der Waals surface area contributed by atoms with Crippen molar-refractivity contribution in [1.29, 1.82) is 0 Å². The van der Waals surface area contributed by atoms with E-state index in [1.165, 1.54) is 11.1 Å². The molecule has 0 fully saturated rings. The molecule has 18 heavy (non-hydrogen) atoms. The second-order valence-corrected chi connectivity index (χ2v) is 5.49. The Bertz CT molecular complexity index is 442. The number of ether oxygens (including phenoxy) is 1. The molecule has 0 aromatic heterocycles. The molecule has 1 aromatic carbocycles. The van der Waals surface area contributed by atoms with Gasteiger partial charge in [-0.1, -0.05) is 35.0 Å². The van der Waals surface area contributed by atoms with Gasteiger partial charge in [-0.3, -0.25) is 0 Å². The molecular formula is C15H20BrNO. The molecule has 0 saturated carbocycles. The van der Waals surface area contributed by atoms with Gasteiger partial charge < -0.3 is 10.1 Å². The fourth-order valence-electron chi connectivity index (χ4n) is 2.16. The average molecular weight is 310 g/mol. The Balaban J connectivity index is 2.23. The first-order chi connectivity index (χ1) is 8.72. The van der Waals surface area contributed by atoms with Gasteiger partial charge in [0.25, 0.3) is 0 Å². The number of hydrogen-bond acceptors (Lipinski definition) is 2. The maximum Gasteiger partial charge on any atom is 0.114 e. The fourth-order valence-corrected chi connectivity index (χ4v) is 2.40. The van der Waals surface area contributed by atoms with Crippen molar-refractivity contribution in [2.45, 2.75) is 32.7 Å². The lowest BCUT2D eigenvalue weighted by Crippen LogP contribution is -2.24. The molecule has 98 valence electrons. The molecule has 0 bridgehead atoms. The Morgan fingerprint density at radius 1 is 1.44 bits per heavy atom. The summed E-state index contributed by atoms with van der Waals surface area (Å²) < 4.78 is 6.88. The topological polar surface area (TPSA) is 21.3 Å². The van der Waals surface area contributed by atoms with Crippen LogP contribution in [0.1, 0.15) is 36.9 Å². The van der Waals surface area contributed by atoms with E-state index in [2.05, 4.69) is 59.4 Å². The van der Waals surface area contributed by atoms with Gasteiger partial charge in [0, 0.05) is 10.9 Å². The van der Waals surface area contributed by atoms with Crippen LogP contribution in [0.5, 0.6) is 0 Å². The molecule has 1 aliphatic heterocycles. The van der Waals surface area contributed by atoms with E-state index in [-0.39, 0.29) is 6.04 Å². The molecule has 0 saturated heterocycles. The van der Waals surface area contributed by atoms with Crippen molar-refractivity contribution in [3.63, 3.8) is 0 Å². The molecule has 1 aromatic rings. The number of hydrogen-bond donors (Lipinski definition) is 1. The van der Waals surface area contributed by atoms with E-state index in [9.17, 15) is 0 Å². The van der Waals surface area contributed by atoms with Crippen molar-refractivity contribution in [2.75, 3.05) is 13.2 Å². The van der Waals surface area contributed by atoms with Gasteiger partial charge in [-0.15, -0.1) is 0 Å². The number of benzene rings is 1. The smallest absolute Gasteiger partial charge is 0.114 e. The molecule has 0 aliphatic carbocycles. The number of halogens is 1. The summed E-state index contributed by atoms with van der Waals surface area (Å²) in [5, 5.41) is 3.57. The van der Waals surface area contributed by atoms with E-state index >= 15 is 0 Å². The van der Waals surface area contributed by atoms with Crippen LogP contribution in [0.4, 0.5) is 0 Å². The minimum Gasteiger partial charge on any atom is -0.496 e. The third-order valence-electron chi connectivity index (χ3n) is 3.13. The van der Waals surface area contributed by atoms with Gasteiger partial charge in [0.1, 0.15) is 5.76 Å². The lowest BCUT2D eigenvalue weighted by molar-refractivity contribution is 0.215. The third-order valence-corrected chi connectivity index (χ3v) is 4.02. The molecular weight excluding hydrogens is 290 g/mol. The van der Waals surface area contributed by atoms with Gasteiger partial charge >= 0.3 is 0 Å². The van der Waals surface area contributed by atoms with Crippen LogP contribution < -0.4 is 5.32 Å². The predicted octanol–water partition coefficient (Wildman–Crippen LogP) is 4.10. The van der Waals surface area contributed by atoms with Crippen LogP contribution in [0.25, 0.3) is 0 Å². The zero-order valence-electron chi connectivity index (χ0n) is 11.0. The maximum atomic E-state index is 5.72. The highest BCUT2D eigenvalue weighted by molar-refractivity contribution is 9.10. The quantitative estimate of drug-likeness (QED) is 0.884. The first-order valence-corrected chi connectivity index (χ1v) is 7.34. The standard InChI is InChI=1S/C15H20BrNO/c1-3-8-17-15(14-5-4-9-18-14)12-6-7-13(16)11(2)10-12/h5-7,10,15,17H,3-4,8-9H2,1-2H3. The van der Waals surface area contributed by atoms with Crippen LogP contribution in [0.3, 0.4) is 0 Å². The first kappa shape index (κ1) is 13.6. The SMILES string of the molecule is CCCNC(C1=CCCO1)c1ccc(Br)c(C)c1. The Labute approximate surface area is 118 Å². The highest BCUT2D eigenvalue weighted by atomic mass is 79.9. The van der Waals surface area contributed by atoms with E-state index in [1.54, 1.807) is 0 Å². The van der Waals surface area contributed by atoms with E-state index < -0.39 is 0 Å². The summed E-state index contributed by atoms with van der Waals surface area (Å²) in [6.07, 6.45) is 4.35. The van der Waals surface area contributed by atoms with Crippen LogP contribution in [0, 0.1) is 6.92 Å².